The molecule has 20 heavy (non-hydrogen) atoms. The molecule has 1 saturated heterocycles. The Bertz CT molecular complexity index is 460. The van der Waals surface area contributed by atoms with Crippen LogP contribution in [0.1, 0.15) is 6.92 Å². The van der Waals surface area contributed by atoms with Crippen LogP contribution < -0.4 is 19.9 Å². The fraction of sp³-hybridized carbons (Fsp3) is 0.600. The first kappa shape index (κ1) is 13.5. The zero-order valence-electron chi connectivity index (χ0n) is 12.0. The van der Waals surface area contributed by atoms with Crippen molar-refractivity contribution in [1.29, 1.82) is 0 Å². The van der Waals surface area contributed by atoms with Crippen LogP contribution in [-0.4, -0.2) is 57.1 Å². The smallest absolute Gasteiger partial charge is 0.145 e. The Labute approximate surface area is 120 Å². The van der Waals surface area contributed by atoms with Crippen LogP contribution >= 0.6 is 0 Å². The fourth-order valence-corrected chi connectivity index (χ4v) is 3.06. The van der Waals surface area contributed by atoms with Crippen LogP contribution in [0.2, 0.25) is 0 Å². The number of aliphatic hydroxyl groups is 1. The lowest BCUT2D eigenvalue weighted by molar-refractivity contribution is 0.207. The third-order valence-corrected chi connectivity index (χ3v) is 3.93. The molecule has 5 nitrogen and oxygen atoms in total. The SMILES string of the molecule is CC1CN(CCO)c2c(cccc2N2CCNCC2)O1. The molecule has 0 radical (unpaired) electrons. The first-order valence-electron chi connectivity index (χ1n) is 7.40. The lowest BCUT2D eigenvalue weighted by Crippen LogP contribution is -2.45. The van der Waals surface area contributed by atoms with Crippen LogP contribution in [0, 0.1) is 0 Å². The zero-order valence-corrected chi connectivity index (χ0v) is 12.0. The topological polar surface area (TPSA) is 48.0 Å². The Morgan fingerprint density at radius 1 is 1.35 bits per heavy atom. The first-order chi connectivity index (χ1) is 9.79. The molecule has 2 aliphatic heterocycles. The molecule has 0 bridgehead atoms. The van der Waals surface area contributed by atoms with Crippen molar-refractivity contribution in [3.05, 3.63) is 18.2 Å². The molecule has 1 unspecified atom stereocenters. The predicted octanol–water partition coefficient (Wildman–Crippen LogP) is 0.676. The highest BCUT2D eigenvalue weighted by atomic mass is 16.5. The Morgan fingerprint density at radius 2 is 2.15 bits per heavy atom. The molecule has 1 fully saturated rings. The summed E-state index contributed by atoms with van der Waals surface area (Å²) in [7, 11) is 0. The van der Waals surface area contributed by atoms with Gasteiger partial charge in [0.2, 0.25) is 0 Å². The molecule has 2 heterocycles. The van der Waals surface area contributed by atoms with Gasteiger partial charge in [-0.25, -0.2) is 0 Å². The van der Waals surface area contributed by atoms with Crippen molar-refractivity contribution in [1.82, 2.24) is 5.32 Å². The van der Waals surface area contributed by atoms with Crippen molar-refractivity contribution in [3.63, 3.8) is 0 Å². The highest BCUT2D eigenvalue weighted by Gasteiger charge is 2.27. The monoisotopic (exact) mass is 277 g/mol. The minimum Gasteiger partial charge on any atom is -0.487 e. The number of hydrogen-bond donors (Lipinski definition) is 2. The third kappa shape index (κ3) is 2.55. The van der Waals surface area contributed by atoms with E-state index >= 15 is 0 Å². The summed E-state index contributed by atoms with van der Waals surface area (Å²) in [5.41, 5.74) is 2.37. The van der Waals surface area contributed by atoms with Gasteiger partial charge in [0.1, 0.15) is 17.5 Å². The summed E-state index contributed by atoms with van der Waals surface area (Å²) in [5.74, 6) is 0.938. The summed E-state index contributed by atoms with van der Waals surface area (Å²) in [6, 6.07) is 6.25. The van der Waals surface area contributed by atoms with Crippen LogP contribution in [0.3, 0.4) is 0 Å². The number of anilines is 2. The van der Waals surface area contributed by atoms with Crippen molar-refractivity contribution in [2.24, 2.45) is 0 Å². The average Bonchev–Trinajstić information content (AvgIpc) is 2.47. The van der Waals surface area contributed by atoms with E-state index in [1.54, 1.807) is 0 Å². The largest absolute Gasteiger partial charge is 0.487 e. The number of piperazine rings is 1. The second-order valence-corrected chi connectivity index (χ2v) is 5.46. The lowest BCUT2D eigenvalue weighted by atomic mass is 10.1. The van der Waals surface area contributed by atoms with Crippen molar-refractivity contribution in [3.8, 4) is 5.75 Å². The molecular formula is C15H23N3O2. The second kappa shape index (κ2) is 5.89. The van der Waals surface area contributed by atoms with E-state index in [4.69, 9.17) is 4.74 Å². The van der Waals surface area contributed by atoms with Gasteiger partial charge < -0.3 is 25.0 Å². The molecule has 1 aromatic rings. The van der Waals surface area contributed by atoms with E-state index < -0.39 is 0 Å². The molecule has 0 saturated carbocycles. The van der Waals surface area contributed by atoms with Crippen LogP contribution in [0.15, 0.2) is 18.2 Å². The number of hydrogen-bond acceptors (Lipinski definition) is 5. The van der Waals surface area contributed by atoms with Crippen molar-refractivity contribution < 1.29 is 9.84 Å². The number of ether oxygens (including phenoxy) is 1. The van der Waals surface area contributed by atoms with Crippen molar-refractivity contribution >= 4 is 11.4 Å². The number of aliphatic hydroxyl groups excluding tert-OH is 1. The summed E-state index contributed by atoms with van der Waals surface area (Å²) in [4.78, 5) is 4.65. The highest BCUT2D eigenvalue weighted by molar-refractivity contribution is 5.78. The number of para-hydroxylation sites is 1. The molecule has 0 aromatic heterocycles. The highest BCUT2D eigenvalue weighted by Crippen LogP contribution is 2.41. The van der Waals surface area contributed by atoms with Gasteiger partial charge in [0.05, 0.1) is 18.8 Å². The number of nitrogens with zero attached hydrogens (tertiary/aromatic N) is 2. The normalized spacial score (nSPS) is 22.4. The summed E-state index contributed by atoms with van der Waals surface area (Å²) in [6.07, 6.45) is 0.160. The van der Waals surface area contributed by atoms with Gasteiger partial charge in [-0.15, -0.1) is 0 Å². The summed E-state index contributed by atoms with van der Waals surface area (Å²) < 4.78 is 5.97. The molecule has 0 aliphatic carbocycles. The maximum absolute atomic E-state index is 9.33. The van der Waals surface area contributed by atoms with Crippen LogP contribution in [0.4, 0.5) is 11.4 Å². The minimum absolute atomic E-state index is 0.160. The molecule has 1 atom stereocenters. The van der Waals surface area contributed by atoms with E-state index in [1.807, 2.05) is 6.07 Å². The maximum atomic E-state index is 9.33. The van der Waals surface area contributed by atoms with E-state index in [0.29, 0.717) is 6.54 Å². The Kier molecular flexibility index (Phi) is 3.98. The third-order valence-electron chi connectivity index (χ3n) is 3.93. The molecule has 110 valence electrons. The summed E-state index contributed by atoms with van der Waals surface area (Å²) in [6.45, 7) is 7.78. The van der Waals surface area contributed by atoms with Gasteiger partial charge >= 0.3 is 0 Å². The van der Waals surface area contributed by atoms with Crippen LogP contribution in [0.25, 0.3) is 0 Å². The van der Waals surface area contributed by atoms with E-state index in [-0.39, 0.29) is 12.7 Å². The Morgan fingerprint density at radius 3 is 2.90 bits per heavy atom. The first-order valence-corrected chi connectivity index (χ1v) is 7.40. The van der Waals surface area contributed by atoms with Crippen LogP contribution in [0.5, 0.6) is 5.75 Å². The average molecular weight is 277 g/mol. The van der Waals surface area contributed by atoms with E-state index in [1.165, 1.54) is 5.69 Å². The van der Waals surface area contributed by atoms with E-state index in [2.05, 4.69) is 34.2 Å². The van der Waals surface area contributed by atoms with Crippen molar-refractivity contribution in [2.75, 3.05) is 55.7 Å². The standard InChI is InChI=1S/C15H23N3O2/c1-12-11-18(9-10-19)15-13(3-2-4-14(15)20-12)17-7-5-16-6-8-17/h2-4,12,16,19H,5-11H2,1H3. The fourth-order valence-electron chi connectivity index (χ4n) is 3.06. The van der Waals surface area contributed by atoms with Gasteiger partial charge in [-0.1, -0.05) is 6.07 Å². The van der Waals surface area contributed by atoms with Gasteiger partial charge in [-0.05, 0) is 19.1 Å². The minimum atomic E-state index is 0.160. The van der Waals surface area contributed by atoms with Gasteiger partial charge in [-0.3, -0.25) is 0 Å². The number of nitrogens with one attached hydrogen (secondary N) is 1. The van der Waals surface area contributed by atoms with E-state index in [0.717, 1.165) is 44.2 Å². The predicted molar refractivity (Wildman–Crippen MR) is 80.9 cm³/mol. The Hall–Kier alpha value is -1.46. The molecule has 2 N–H and O–H groups in total. The van der Waals surface area contributed by atoms with Gasteiger partial charge in [0, 0.05) is 32.7 Å². The molecule has 0 amide bonds. The Balaban J connectivity index is 1.96. The van der Waals surface area contributed by atoms with Crippen molar-refractivity contribution in [2.45, 2.75) is 13.0 Å². The lowest BCUT2D eigenvalue weighted by Gasteiger charge is -2.39. The van der Waals surface area contributed by atoms with Crippen LogP contribution in [-0.2, 0) is 0 Å². The molecule has 1 aromatic carbocycles. The quantitative estimate of drug-likeness (QED) is 0.851. The zero-order chi connectivity index (χ0) is 13.9. The summed E-state index contributed by atoms with van der Waals surface area (Å²) in [5, 5.41) is 12.7. The molecular weight excluding hydrogens is 254 g/mol. The number of β-amino-alcohol motifs (C(OH)–C–C–N with tert-alkyl or cyclic N) is 1. The molecule has 0 spiro atoms. The maximum Gasteiger partial charge on any atom is 0.145 e. The second-order valence-electron chi connectivity index (χ2n) is 5.46. The van der Waals surface area contributed by atoms with Gasteiger partial charge in [0.15, 0.2) is 0 Å². The number of benzene rings is 1. The number of rotatable bonds is 3. The molecule has 2 aliphatic rings. The number of fused-ring (bicyclic) bond motifs is 1. The molecule has 5 heteroatoms. The van der Waals surface area contributed by atoms with Gasteiger partial charge in [-0.2, -0.15) is 0 Å². The molecule has 3 rings (SSSR count). The van der Waals surface area contributed by atoms with Gasteiger partial charge in [0.25, 0.3) is 0 Å². The summed E-state index contributed by atoms with van der Waals surface area (Å²) >= 11 is 0. The van der Waals surface area contributed by atoms with E-state index in [9.17, 15) is 5.11 Å².